The summed E-state index contributed by atoms with van der Waals surface area (Å²) in [6.45, 7) is 7.16. The van der Waals surface area contributed by atoms with E-state index >= 15 is 0 Å². The third-order valence-electron chi connectivity index (χ3n) is 4.01. The first-order valence-corrected chi connectivity index (χ1v) is 8.14. The van der Waals surface area contributed by atoms with Gasteiger partial charge in [0, 0.05) is 32.2 Å². The van der Waals surface area contributed by atoms with Gasteiger partial charge in [-0.3, -0.25) is 0 Å². The van der Waals surface area contributed by atoms with Crippen LogP contribution in [0, 0.1) is 5.92 Å². The molecule has 1 aliphatic rings. The van der Waals surface area contributed by atoms with Crippen molar-refractivity contribution in [1.29, 1.82) is 0 Å². The zero-order valence-corrected chi connectivity index (χ0v) is 13.0. The molecule has 0 spiro atoms. The maximum absolute atomic E-state index is 12.4. The lowest BCUT2D eigenvalue weighted by Gasteiger charge is -2.39. The zero-order valence-electron chi connectivity index (χ0n) is 12.2. The van der Waals surface area contributed by atoms with Crippen molar-refractivity contribution in [3.8, 4) is 0 Å². The lowest BCUT2D eigenvalue weighted by molar-refractivity contribution is 0.198. The highest BCUT2D eigenvalue weighted by molar-refractivity contribution is 7.86. The van der Waals surface area contributed by atoms with Crippen molar-refractivity contribution in [1.82, 2.24) is 13.9 Å². The molecule has 0 aromatic heterocycles. The van der Waals surface area contributed by atoms with Crippen LogP contribution < -0.4 is 5.32 Å². The molecule has 18 heavy (non-hydrogen) atoms. The molecule has 6 heteroatoms. The summed E-state index contributed by atoms with van der Waals surface area (Å²) in [6.07, 6.45) is 1.89. The molecular weight excluding hydrogens is 250 g/mol. The fourth-order valence-electron chi connectivity index (χ4n) is 2.45. The minimum atomic E-state index is -3.30. The van der Waals surface area contributed by atoms with Gasteiger partial charge in [-0.1, -0.05) is 13.3 Å². The van der Waals surface area contributed by atoms with E-state index in [2.05, 4.69) is 12.2 Å². The second-order valence-electron chi connectivity index (χ2n) is 5.33. The number of nitrogens with one attached hydrogen (secondary N) is 1. The molecule has 0 amide bonds. The predicted octanol–water partition coefficient (Wildman–Crippen LogP) is 0.891. The van der Waals surface area contributed by atoms with Gasteiger partial charge >= 0.3 is 0 Å². The second kappa shape index (κ2) is 6.32. The Kier molecular flexibility index (Phi) is 5.58. The van der Waals surface area contributed by atoms with Crippen LogP contribution in [-0.2, 0) is 10.2 Å². The van der Waals surface area contributed by atoms with Crippen molar-refractivity contribution in [2.75, 3.05) is 27.2 Å². The van der Waals surface area contributed by atoms with Crippen LogP contribution in [0.4, 0.5) is 0 Å². The molecule has 0 radical (unpaired) electrons. The molecule has 1 rings (SSSR count). The van der Waals surface area contributed by atoms with Gasteiger partial charge in [0.1, 0.15) is 0 Å². The number of hydrogen-bond acceptors (Lipinski definition) is 3. The van der Waals surface area contributed by atoms with E-state index in [0.717, 1.165) is 12.8 Å². The van der Waals surface area contributed by atoms with E-state index in [-0.39, 0.29) is 6.04 Å². The summed E-state index contributed by atoms with van der Waals surface area (Å²) in [5, 5.41) is 3.29. The van der Waals surface area contributed by atoms with Crippen LogP contribution >= 0.6 is 0 Å². The van der Waals surface area contributed by atoms with Gasteiger partial charge in [0.15, 0.2) is 0 Å². The van der Waals surface area contributed by atoms with Gasteiger partial charge in [-0.15, -0.1) is 0 Å². The number of nitrogens with zero attached hydrogens (tertiary/aromatic N) is 2. The molecule has 1 saturated heterocycles. The third kappa shape index (κ3) is 3.23. The highest BCUT2D eigenvalue weighted by Gasteiger charge is 2.35. The highest BCUT2D eigenvalue weighted by Crippen LogP contribution is 2.23. The van der Waals surface area contributed by atoms with Crippen LogP contribution in [0.25, 0.3) is 0 Å². The van der Waals surface area contributed by atoms with Crippen LogP contribution in [-0.4, -0.2) is 56.3 Å². The summed E-state index contributed by atoms with van der Waals surface area (Å²) >= 11 is 0. The van der Waals surface area contributed by atoms with Gasteiger partial charge < -0.3 is 5.32 Å². The Morgan fingerprint density at radius 2 is 2.06 bits per heavy atom. The van der Waals surface area contributed by atoms with Crippen LogP contribution in [0.15, 0.2) is 0 Å². The number of piperidine rings is 1. The van der Waals surface area contributed by atoms with Crippen LogP contribution in [0.5, 0.6) is 0 Å². The molecule has 0 bridgehead atoms. The Labute approximate surface area is 112 Å². The Hall–Kier alpha value is -0.170. The molecule has 2 atom stereocenters. The van der Waals surface area contributed by atoms with E-state index in [1.54, 1.807) is 11.4 Å². The Balaban J connectivity index is 2.80. The van der Waals surface area contributed by atoms with Crippen molar-refractivity contribution in [2.24, 2.45) is 5.92 Å². The zero-order chi connectivity index (χ0) is 13.9. The van der Waals surface area contributed by atoms with E-state index in [1.807, 2.05) is 20.9 Å². The van der Waals surface area contributed by atoms with E-state index in [0.29, 0.717) is 25.0 Å². The van der Waals surface area contributed by atoms with E-state index in [1.165, 1.54) is 4.31 Å². The quantitative estimate of drug-likeness (QED) is 0.812. The van der Waals surface area contributed by atoms with Crippen molar-refractivity contribution < 1.29 is 8.42 Å². The van der Waals surface area contributed by atoms with Crippen LogP contribution in [0.2, 0.25) is 0 Å². The summed E-state index contributed by atoms with van der Waals surface area (Å²) in [5.74, 6) is 0.402. The minimum absolute atomic E-state index is 0.00269. The van der Waals surface area contributed by atoms with Gasteiger partial charge in [-0.25, -0.2) is 0 Å². The molecule has 1 fully saturated rings. The second-order valence-corrected chi connectivity index (χ2v) is 7.32. The summed E-state index contributed by atoms with van der Waals surface area (Å²) < 4.78 is 27.9. The summed E-state index contributed by atoms with van der Waals surface area (Å²) in [6, 6.07) is 0.433. The van der Waals surface area contributed by atoms with Crippen molar-refractivity contribution in [2.45, 2.75) is 45.7 Å². The fraction of sp³-hybridized carbons (Fsp3) is 1.00. The largest absolute Gasteiger partial charge is 0.317 e. The molecule has 0 aliphatic carbocycles. The van der Waals surface area contributed by atoms with Crippen molar-refractivity contribution in [3.05, 3.63) is 0 Å². The Bertz CT molecular complexity index is 356. The average Bonchev–Trinajstić information content (AvgIpc) is 2.36. The summed E-state index contributed by atoms with van der Waals surface area (Å²) in [5.41, 5.74) is 0. The van der Waals surface area contributed by atoms with Crippen molar-refractivity contribution in [3.63, 3.8) is 0 Å². The van der Waals surface area contributed by atoms with Crippen LogP contribution in [0.1, 0.15) is 33.6 Å². The van der Waals surface area contributed by atoms with Gasteiger partial charge in [0.05, 0.1) is 0 Å². The molecule has 0 aromatic rings. The lowest BCUT2D eigenvalue weighted by Crippen LogP contribution is -2.53. The Morgan fingerprint density at radius 3 is 2.50 bits per heavy atom. The van der Waals surface area contributed by atoms with Gasteiger partial charge in [0.25, 0.3) is 10.2 Å². The molecule has 1 N–H and O–H groups in total. The fourth-order valence-corrected chi connectivity index (χ4v) is 4.06. The summed E-state index contributed by atoms with van der Waals surface area (Å²) in [4.78, 5) is 0. The van der Waals surface area contributed by atoms with Crippen molar-refractivity contribution >= 4 is 10.2 Å². The topological polar surface area (TPSA) is 52.7 Å². The summed E-state index contributed by atoms with van der Waals surface area (Å²) in [7, 11) is 0.317. The predicted molar refractivity (Wildman–Crippen MR) is 74.6 cm³/mol. The van der Waals surface area contributed by atoms with E-state index in [4.69, 9.17) is 0 Å². The molecule has 1 aliphatic heterocycles. The smallest absolute Gasteiger partial charge is 0.281 e. The molecular formula is C12H27N3O2S. The van der Waals surface area contributed by atoms with Gasteiger partial charge in [-0.05, 0) is 33.2 Å². The van der Waals surface area contributed by atoms with Gasteiger partial charge in [-0.2, -0.15) is 17.0 Å². The molecule has 108 valence electrons. The molecule has 5 nitrogen and oxygen atoms in total. The standard InChI is InChI=1S/C12H27N3O2S/c1-6-11-9-15(8-7-12(11)13-4)18(16,17)14(5)10(2)3/h10-13H,6-9H2,1-5H3. The molecule has 0 saturated carbocycles. The Morgan fingerprint density at radius 1 is 1.44 bits per heavy atom. The van der Waals surface area contributed by atoms with Crippen LogP contribution in [0.3, 0.4) is 0 Å². The first-order valence-electron chi connectivity index (χ1n) is 6.74. The third-order valence-corrected chi connectivity index (χ3v) is 6.14. The molecule has 1 heterocycles. The first kappa shape index (κ1) is 15.9. The molecule has 2 unspecified atom stereocenters. The SMILES string of the molecule is CCC1CN(S(=O)(=O)N(C)C(C)C)CCC1NC. The maximum Gasteiger partial charge on any atom is 0.281 e. The normalized spacial score (nSPS) is 27.1. The van der Waals surface area contributed by atoms with Gasteiger partial charge in [0.2, 0.25) is 0 Å². The minimum Gasteiger partial charge on any atom is -0.317 e. The van der Waals surface area contributed by atoms with E-state index in [9.17, 15) is 8.42 Å². The number of hydrogen-bond donors (Lipinski definition) is 1. The number of rotatable bonds is 5. The van der Waals surface area contributed by atoms with E-state index < -0.39 is 10.2 Å². The highest BCUT2D eigenvalue weighted by atomic mass is 32.2. The molecule has 0 aromatic carbocycles. The average molecular weight is 277 g/mol. The maximum atomic E-state index is 12.4. The lowest BCUT2D eigenvalue weighted by atomic mass is 9.91. The monoisotopic (exact) mass is 277 g/mol. The first-order chi connectivity index (χ1) is 8.34.